The summed E-state index contributed by atoms with van der Waals surface area (Å²) < 4.78 is 0. The Morgan fingerprint density at radius 1 is 1.10 bits per heavy atom. The fourth-order valence-electron chi connectivity index (χ4n) is 8.21. The summed E-state index contributed by atoms with van der Waals surface area (Å²) in [5, 5.41) is 27.4. The molecule has 0 aromatic heterocycles. The van der Waals surface area contributed by atoms with E-state index < -0.39 is 11.6 Å². The van der Waals surface area contributed by atoms with Crippen LogP contribution >= 0.6 is 0 Å². The second-order valence-electron chi connectivity index (χ2n) is 12.8. The Balaban J connectivity index is 1.17. The van der Waals surface area contributed by atoms with Crippen molar-refractivity contribution in [2.75, 3.05) is 13.2 Å². The van der Waals surface area contributed by atoms with Crippen LogP contribution in [0.3, 0.4) is 0 Å². The molecule has 1 aromatic carbocycles. The predicted octanol–water partition coefficient (Wildman–Crippen LogP) is 5.22. The smallest absolute Gasteiger partial charge is 0.304 e. The third-order valence-electron chi connectivity index (χ3n) is 10.7. The van der Waals surface area contributed by atoms with Gasteiger partial charge in [0, 0.05) is 17.9 Å². The van der Waals surface area contributed by atoms with Gasteiger partial charge < -0.3 is 20.4 Å². The Hall–Kier alpha value is -2.93. The number of fused-ring (bicyclic) bond motifs is 5. The molecule has 7 heteroatoms. The zero-order valence-electron chi connectivity index (χ0n) is 23.4. The lowest BCUT2D eigenvalue weighted by Crippen LogP contribution is -2.53. The number of carboxylic acid groups (broad SMARTS) is 1. The molecule has 0 aliphatic heterocycles. The number of carboxylic acids is 1. The summed E-state index contributed by atoms with van der Waals surface area (Å²) in [5.74, 6) is 0.219. The van der Waals surface area contributed by atoms with Gasteiger partial charge in [0.1, 0.15) is 5.71 Å². The SMILES string of the molecule is C[C@]12C=CC(=NOCC(=O)NC[C@@H](CC(=O)O)c3ccccc3)C=C1CC[C@@H]1[C@@H]2CC[C@@]2(C)[C@H]1CC[C@]2(C)O. The van der Waals surface area contributed by atoms with Crippen molar-refractivity contribution in [2.24, 2.45) is 33.7 Å². The second kappa shape index (κ2) is 10.6. The van der Waals surface area contributed by atoms with Crippen molar-refractivity contribution in [3.63, 3.8) is 0 Å². The molecule has 7 nitrogen and oxygen atoms in total. The zero-order valence-corrected chi connectivity index (χ0v) is 23.4. The number of hydrogen-bond acceptors (Lipinski definition) is 5. The number of amides is 1. The minimum atomic E-state index is -0.906. The molecule has 4 aliphatic rings. The summed E-state index contributed by atoms with van der Waals surface area (Å²) in [6, 6.07) is 9.34. The summed E-state index contributed by atoms with van der Waals surface area (Å²) in [4.78, 5) is 29.1. The predicted molar refractivity (Wildman–Crippen MR) is 150 cm³/mol. The highest BCUT2D eigenvalue weighted by molar-refractivity contribution is 6.05. The van der Waals surface area contributed by atoms with Gasteiger partial charge in [-0.05, 0) is 86.3 Å². The molecule has 0 bridgehead atoms. The zero-order chi connectivity index (χ0) is 27.8. The summed E-state index contributed by atoms with van der Waals surface area (Å²) in [6.45, 7) is 6.71. The summed E-state index contributed by atoms with van der Waals surface area (Å²) in [7, 11) is 0. The minimum Gasteiger partial charge on any atom is -0.481 e. The standard InChI is InChI=1S/C32H42N2O5/c1-30-14-11-24(34-39-20-28(35)33-19-22(17-29(36)37)21-7-5-4-6-8-21)18-23(30)9-10-25-26(30)12-15-31(2)27(25)13-16-32(31,3)38/h4-8,11,14,18,22,25-27,38H,9-10,12-13,15-17,19-20H2,1-3H3,(H,33,35)(H,36,37)/t22-,25-,26+,27+,30+,31+,32+/m1/s1. The summed E-state index contributed by atoms with van der Waals surface area (Å²) in [6.07, 6.45) is 12.7. The number of aliphatic carboxylic acids is 1. The van der Waals surface area contributed by atoms with Gasteiger partial charge in [-0.25, -0.2) is 0 Å². The number of rotatable bonds is 8. The van der Waals surface area contributed by atoms with Crippen molar-refractivity contribution in [1.29, 1.82) is 0 Å². The van der Waals surface area contributed by atoms with E-state index in [-0.39, 0.29) is 42.2 Å². The van der Waals surface area contributed by atoms with E-state index in [2.05, 4.69) is 36.5 Å². The average Bonchev–Trinajstić information content (AvgIpc) is 3.15. The van der Waals surface area contributed by atoms with Crippen LogP contribution in [0, 0.1) is 28.6 Å². The normalized spacial score (nSPS) is 36.8. The van der Waals surface area contributed by atoms with E-state index in [1.54, 1.807) is 0 Å². The third-order valence-corrected chi connectivity index (χ3v) is 10.7. The largest absolute Gasteiger partial charge is 0.481 e. The molecule has 0 radical (unpaired) electrons. The van der Waals surface area contributed by atoms with E-state index in [0.29, 0.717) is 23.5 Å². The van der Waals surface area contributed by atoms with Gasteiger partial charge in [0.25, 0.3) is 5.91 Å². The first-order chi connectivity index (χ1) is 18.5. The molecule has 0 spiro atoms. The van der Waals surface area contributed by atoms with Crippen LogP contribution in [0.4, 0.5) is 0 Å². The van der Waals surface area contributed by atoms with Crippen LogP contribution in [0.25, 0.3) is 0 Å². The molecule has 3 fully saturated rings. The highest BCUT2D eigenvalue weighted by Crippen LogP contribution is 2.66. The van der Waals surface area contributed by atoms with Crippen molar-refractivity contribution >= 4 is 17.6 Å². The molecule has 1 amide bonds. The number of carbonyl (C=O) groups excluding carboxylic acids is 1. The van der Waals surface area contributed by atoms with Gasteiger partial charge >= 0.3 is 5.97 Å². The maximum atomic E-state index is 12.4. The monoisotopic (exact) mass is 534 g/mol. The Morgan fingerprint density at radius 3 is 2.59 bits per heavy atom. The maximum absolute atomic E-state index is 12.4. The molecule has 39 heavy (non-hydrogen) atoms. The molecular weight excluding hydrogens is 492 g/mol. The summed E-state index contributed by atoms with van der Waals surface area (Å²) >= 11 is 0. The fourth-order valence-corrected chi connectivity index (χ4v) is 8.21. The molecule has 3 saturated carbocycles. The molecule has 0 saturated heterocycles. The van der Waals surface area contributed by atoms with Gasteiger partial charge in [-0.15, -0.1) is 0 Å². The number of hydrogen-bond donors (Lipinski definition) is 3. The highest BCUT2D eigenvalue weighted by atomic mass is 16.6. The molecular formula is C32H42N2O5. The van der Waals surface area contributed by atoms with E-state index in [1.165, 1.54) is 5.57 Å². The van der Waals surface area contributed by atoms with Crippen molar-refractivity contribution in [1.82, 2.24) is 5.32 Å². The molecule has 1 aromatic rings. The van der Waals surface area contributed by atoms with Crippen LogP contribution in [0.2, 0.25) is 0 Å². The molecule has 0 unspecified atom stereocenters. The van der Waals surface area contributed by atoms with Crippen molar-refractivity contribution in [3.05, 3.63) is 59.7 Å². The Morgan fingerprint density at radius 2 is 1.85 bits per heavy atom. The van der Waals surface area contributed by atoms with Gasteiger partial charge in [0.05, 0.1) is 12.0 Å². The second-order valence-corrected chi connectivity index (χ2v) is 12.8. The molecule has 7 atom stereocenters. The molecule has 3 N–H and O–H groups in total. The lowest BCUT2D eigenvalue weighted by molar-refractivity contribution is -0.137. The number of nitrogens with one attached hydrogen (secondary N) is 1. The quantitative estimate of drug-likeness (QED) is 0.396. The van der Waals surface area contributed by atoms with E-state index in [9.17, 15) is 19.8 Å². The average molecular weight is 535 g/mol. The van der Waals surface area contributed by atoms with Crippen LogP contribution in [0.5, 0.6) is 0 Å². The number of oxime groups is 1. The summed E-state index contributed by atoms with van der Waals surface area (Å²) in [5.41, 5.74) is 2.41. The molecule has 5 rings (SSSR count). The van der Waals surface area contributed by atoms with E-state index in [4.69, 9.17) is 4.84 Å². The molecule has 0 heterocycles. The topological polar surface area (TPSA) is 108 Å². The first-order valence-corrected chi connectivity index (χ1v) is 14.4. The van der Waals surface area contributed by atoms with Crippen LogP contribution in [-0.2, 0) is 14.4 Å². The van der Waals surface area contributed by atoms with Crippen molar-refractivity contribution in [3.8, 4) is 0 Å². The van der Waals surface area contributed by atoms with Crippen LogP contribution in [0.15, 0.2) is 59.3 Å². The Labute approximate surface area is 231 Å². The van der Waals surface area contributed by atoms with Gasteiger partial charge in [0.2, 0.25) is 0 Å². The fraction of sp³-hybridized carbons (Fsp3) is 0.594. The van der Waals surface area contributed by atoms with Crippen LogP contribution in [-0.4, -0.2) is 46.6 Å². The van der Waals surface area contributed by atoms with Gasteiger partial charge in [0.15, 0.2) is 6.61 Å². The number of allylic oxidation sites excluding steroid dienone is 4. The first-order valence-electron chi connectivity index (χ1n) is 14.4. The lowest BCUT2D eigenvalue weighted by atomic mass is 9.47. The van der Waals surface area contributed by atoms with E-state index in [0.717, 1.165) is 44.1 Å². The van der Waals surface area contributed by atoms with Gasteiger partial charge in [-0.3, -0.25) is 9.59 Å². The minimum absolute atomic E-state index is 0.00825. The van der Waals surface area contributed by atoms with Gasteiger partial charge in [-0.1, -0.05) is 61.0 Å². The highest BCUT2D eigenvalue weighted by Gasteiger charge is 2.61. The lowest BCUT2D eigenvalue weighted by Gasteiger charge is -2.58. The molecule has 210 valence electrons. The number of carbonyl (C=O) groups is 2. The van der Waals surface area contributed by atoms with Crippen molar-refractivity contribution < 1.29 is 24.6 Å². The van der Waals surface area contributed by atoms with Crippen LogP contribution in [0.1, 0.15) is 77.2 Å². The third kappa shape index (κ3) is 5.18. The van der Waals surface area contributed by atoms with E-state index >= 15 is 0 Å². The number of nitrogens with zero attached hydrogens (tertiary/aromatic N) is 1. The Bertz CT molecular complexity index is 1190. The van der Waals surface area contributed by atoms with Crippen molar-refractivity contribution in [2.45, 2.75) is 77.2 Å². The number of aliphatic hydroxyl groups is 1. The van der Waals surface area contributed by atoms with Crippen LogP contribution < -0.4 is 5.32 Å². The molecule has 4 aliphatic carbocycles. The Kier molecular flexibility index (Phi) is 7.49. The maximum Gasteiger partial charge on any atom is 0.304 e. The first kappa shape index (κ1) is 27.6. The number of benzene rings is 1. The van der Waals surface area contributed by atoms with Gasteiger partial charge in [-0.2, -0.15) is 0 Å². The van der Waals surface area contributed by atoms with E-state index in [1.807, 2.05) is 43.3 Å².